The van der Waals surface area contributed by atoms with Gasteiger partial charge in [-0.05, 0) is 43.7 Å². The number of nitrogens with zero attached hydrogens (tertiary/aromatic N) is 1. The van der Waals surface area contributed by atoms with Gasteiger partial charge in [0.1, 0.15) is 0 Å². The number of carbonyl (C=O) groups excluding carboxylic acids is 1. The van der Waals surface area contributed by atoms with E-state index in [1.165, 1.54) is 0 Å². The van der Waals surface area contributed by atoms with E-state index in [1.54, 1.807) is 4.90 Å². The molecule has 2 unspecified atom stereocenters. The standard InChI is InChI=1S/C16H19NO2/c1-11(12-7-3-2-4-8-12)17-15(18)13-9-5-6-10-14(13)16(17)19/h2-4,7-8,11,15,18H,5-6,9-10H2,1H3. The maximum absolute atomic E-state index is 12.5. The first-order chi connectivity index (χ1) is 9.20. The van der Waals surface area contributed by atoms with Gasteiger partial charge in [-0.3, -0.25) is 4.79 Å². The van der Waals surface area contributed by atoms with Crippen molar-refractivity contribution < 1.29 is 9.90 Å². The van der Waals surface area contributed by atoms with Crippen LogP contribution in [0.1, 0.15) is 44.2 Å². The lowest BCUT2D eigenvalue weighted by Crippen LogP contribution is -2.37. The molecular weight excluding hydrogens is 238 g/mol. The van der Waals surface area contributed by atoms with Crippen LogP contribution in [-0.4, -0.2) is 22.1 Å². The molecule has 3 nitrogen and oxygen atoms in total. The Balaban J connectivity index is 1.89. The Kier molecular flexibility index (Phi) is 3.15. The monoisotopic (exact) mass is 257 g/mol. The van der Waals surface area contributed by atoms with Crippen LogP contribution in [0.15, 0.2) is 41.5 Å². The van der Waals surface area contributed by atoms with Crippen LogP contribution in [0, 0.1) is 0 Å². The predicted octanol–water partition coefficient (Wildman–Crippen LogP) is 2.78. The molecule has 1 amide bonds. The van der Waals surface area contributed by atoms with Crippen LogP contribution in [0.2, 0.25) is 0 Å². The van der Waals surface area contributed by atoms with Crippen LogP contribution >= 0.6 is 0 Å². The van der Waals surface area contributed by atoms with Crippen LogP contribution < -0.4 is 0 Å². The molecule has 1 aliphatic carbocycles. The van der Waals surface area contributed by atoms with E-state index in [0.29, 0.717) is 0 Å². The lowest BCUT2D eigenvalue weighted by atomic mass is 9.93. The van der Waals surface area contributed by atoms with Gasteiger partial charge in [-0.25, -0.2) is 0 Å². The summed E-state index contributed by atoms with van der Waals surface area (Å²) in [6, 6.07) is 9.80. The van der Waals surface area contributed by atoms with Crippen LogP contribution in [0.25, 0.3) is 0 Å². The van der Waals surface area contributed by atoms with Crippen molar-refractivity contribution >= 4 is 5.91 Å². The average Bonchev–Trinajstić information content (AvgIpc) is 2.72. The summed E-state index contributed by atoms with van der Waals surface area (Å²) in [4.78, 5) is 14.1. The zero-order valence-corrected chi connectivity index (χ0v) is 11.2. The third kappa shape index (κ3) is 1.98. The molecule has 0 fully saturated rings. The molecule has 2 atom stereocenters. The van der Waals surface area contributed by atoms with Crippen molar-refractivity contribution in [1.82, 2.24) is 4.90 Å². The average molecular weight is 257 g/mol. The van der Waals surface area contributed by atoms with Gasteiger partial charge in [0.25, 0.3) is 5.91 Å². The fourth-order valence-electron chi connectivity index (χ4n) is 3.17. The van der Waals surface area contributed by atoms with Gasteiger partial charge in [0.05, 0.1) is 6.04 Å². The Morgan fingerprint density at radius 3 is 2.58 bits per heavy atom. The second-order valence-electron chi connectivity index (χ2n) is 5.38. The molecule has 0 bridgehead atoms. The molecule has 0 spiro atoms. The molecule has 2 aliphatic rings. The lowest BCUT2D eigenvalue weighted by molar-refractivity contribution is -0.135. The molecule has 1 aliphatic heterocycles. The van der Waals surface area contributed by atoms with E-state index < -0.39 is 6.23 Å². The van der Waals surface area contributed by atoms with Crippen molar-refractivity contribution in [2.24, 2.45) is 0 Å². The van der Waals surface area contributed by atoms with E-state index in [-0.39, 0.29) is 11.9 Å². The maximum atomic E-state index is 12.5. The lowest BCUT2D eigenvalue weighted by Gasteiger charge is -2.29. The minimum absolute atomic E-state index is 0.0264. The first-order valence-corrected chi connectivity index (χ1v) is 6.97. The van der Waals surface area contributed by atoms with Gasteiger partial charge < -0.3 is 10.0 Å². The van der Waals surface area contributed by atoms with Gasteiger partial charge >= 0.3 is 0 Å². The summed E-state index contributed by atoms with van der Waals surface area (Å²) in [5.41, 5.74) is 2.88. The van der Waals surface area contributed by atoms with Crippen molar-refractivity contribution in [2.45, 2.75) is 44.9 Å². The Bertz CT molecular complexity index is 521. The van der Waals surface area contributed by atoms with Crippen molar-refractivity contribution in [3.8, 4) is 0 Å². The summed E-state index contributed by atoms with van der Waals surface area (Å²) >= 11 is 0. The Morgan fingerprint density at radius 1 is 1.21 bits per heavy atom. The van der Waals surface area contributed by atoms with Crippen LogP contribution in [-0.2, 0) is 4.79 Å². The second-order valence-corrected chi connectivity index (χ2v) is 5.38. The number of benzene rings is 1. The van der Waals surface area contributed by atoms with E-state index in [2.05, 4.69) is 0 Å². The molecule has 3 rings (SSSR count). The highest BCUT2D eigenvalue weighted by Crippen LogP contribution is 2.39. The highest BCUT2D eigenvalue weighted by atomic mass is 16.3. The minimum Gasteiger partial charge on any atom is -0.369 e. The topological polar surface area (TPSA) is 40.5 Å². The molecule has 1 aromatic rings. The summed E-state index contributed by atoms with van der Waals surface area (Å²) in [7, 11) is 0. The molecule has 0 radical (unpaired) electrons. The zero-order chi connectivity index (χ0) is 13.4. The van der Waals surface area contributed by atoms with E-state index in [1.807, 2.05) is 37.3 Å². The van der Waals surface area contributed by atoms with Gasteiger partial charge in [-0.15, -0.1) is 0 Å². The van der Waals surface area contributed by atoms with Gasteiger partial charge in [-0.2, -0.15) is 0 Å². The van der Waals surface area contributed by atoms with Gasteiger partial charge in [-0.1, -0.05) is 30.3 Å². The molecular formula is C16H19NO2. The normalized spacial score (nSPS) is 24.6. The predicted molar refractivity (Wildman–Crippen MR) is 73.2 cm³/mol. The first kappa shape index (κ1) is 12.4. The van der Waals surface area contributed by atoms with Crippen molar-refractivity contribution in [3.63, 3.8) is 0 Å². The molecule has 3 heteroatoms. The Morgan fingerprint density at radius 2 is 1.89 bits per heavy atom. The van der Waals surface area contributed by atoms with Crippen molar-refractivity contribution in [3.05, 3.63) is 47.0 Å². The number of aliphatic hydroxyl groups is 1. The number of carbonyl (C=O) groups is 1. The molecule has 1 N–H and O–H groups in total. The minimum atomic E-state index is -0.724. The quantitative estimate of drug-likeness (QED) is 0.885. The van der Waals surface area contributed by atoms with E-state index in [0.717, 1.165) is 42.4 Å². The summed E-state index contributed by atoms with van der Waals surface area (Å²) < 4.78 is 0. The van der Waals surface area contributed by atoms with E-state index in [9.17, 15) is 9.90 Å². The highest BCUT2D eigenvalue weighted by molar-refractivity contribution is 5.97. The van der Waals surface area contributed by atoms with Crippen molar-refractivity contribution in [1.29, 1.82) is 0 Å². The van der Waals surface area contributed by atoms with Gasteiger partial charge in [0.2, 0.25) is 0 Å². The summed E-state index contributed by atoms with van der Waals surface area (Å²) in [6.07, 6.45) is 3.10. The molecule has 1 aromatic carbocycles. The fraction of sp³-hybridized carbons (Fsp3) is 0.438. The molecule has 1 heterocycles. The summed E-state index contributed by atoms with van der Waals surface area (Å²) in [5, 5.41) is 10.4. The number of amides is 1. The molecule has 0 aromatic heterocycles. The number of rotatable bonds is 2. The summed E-state index contributed by atoms with van der Waals surface area (Å²) in [5.74, 6) is 0.0264. The van der Waals surface area contributed by atoms with Crippen molar-refractivity contribution in [2.75, 3.05) is 0 Å². The molecule has 0 saturated heterocycles. The molecule has 100 valence electrons. The van der Waals surface area contributed by atoms with Crippen LogP contribution in [0.4, 0.5) is 0 Å². The molecule has 0 saturated carbocycles. The second kappa shape index (κ2) is 4.82. The maximum Gasteiger partial charge on any atom is 0.252 e. The number of hydrogen-bond donors (Lipinski definition) is 1. The smallest absolute Gasteiger partial charge is 0.252 e. The Labute approximate surface area is 113 Å². The third-order valence-electron chi connectivity index (χ3n) is 4.28. The Hall–Kier alpha value is -1.61. The van der Waals surface area contributed by atoms with Crippen LogP contribution in [0.5, 0.6) is 0 Å². The fourth-order valence-corrected chi connectivity index (χ4v) is 3.17. The van der Waals surface area contributed by atoms with Crippen LogP contribution in [0.3, 0.4) is 0 Å². The number of hydrogen-bond acceptors (Lipinski definition) is 2. The van der Waals surface area contributed by atoms with Gasteiger partial charge in [0.15, 0.2) is 6.23 Å². The first-order valence-electron chi connectivity index (χ1n) is 6.97. The SMILES string of the molecule is CC(c1ccccc1)N1C(=O)C2=C(CCCC2)C1O. The molecule has 19 heavy (non-hydrogen) atoms. The largest absolute Gasteiger partial charge is 0.369 e. The van der Waals surface area contributed by atoms with E-state index in [4.69, 9.17) is 0 Å². The third-order valence-corrected chi connectivity index (χ3v) is 4.28. The van der Waals surface area contributed by atoms with Gasteiger partial charge in [0, 0.05) is 5.57 Å². The highest BCUT2D eigenvalue weighted by Gasteiger charge is 2.41. The number of aliphatic hydroxyl groups excluding tert-OH is 1. The van der Waals surface area contributed by atoms with E-state index >= 15 is 0 Å². The summed E-state index contributed by atoms with van der Waals surface area (Å²) in [6.45, 7) is 1.98. The zero-order valence-electron chi connectivity index (χ0n) is 11.2.